The van der Waals surface area contributed by atoms with Gasteiger partial charge < -0.3 is 9.88 Å². The maximum atomic E-state index is 13.0. The summed E-state index contributed by atoms with van der Waals surface area (Å²) in [5.41, 5.74) is 3.24. The number of halogens is 2. The van der Waals surface area contributed by atoms with Crippen LogP contribution in [0, 0.1) is 0 Å². The molecule has 1 fully saturated rings. The second-order valence-corrected chi connectivity index (χ2v) is 9.98. The van der Waals surface area contributed by atoms with Crippen LogP contribution in [0.5, 0.6) is 0 Å². The Labute approximate surface area is 221 Å². The molecule has 1 saturated heterocycles. The molecule has 0 bridgehead atoms. The SMILES string of the molecule is O=C(CN1C(=O)S/C(=C\c2cn(Cc3ccc(Cl)cc3Cl)c3ccccc23)C1=O)Nc1ccccc1. The molecule has 1 aliphatic rings. The lowest BCUT2D eigenvalue weighted by Crippen LogP contribution is -2.36. The first-order valence-corrected chi connectivity index (χ1v) is 12.6. The van der Waals surface area contributed by atoms with Gasteiger partial charge in [0.25, 0.3) is 11.1 Å². The van der Waals surface area contributed by atoms with Crippen LogP contribution >= 0.6 is 35.0 Å². The summed E-state index contributed by atoms with van der Waals surface area (Å²) in [6.45, 7) is 0.152. The van der Waals surface area contributed by atoms with Gasteiger partial charge in [0.05, 0.1) is 4.91 Å². The number of benzene rings is 3. The molecule has 0 spiro atoms. The van der Waals surface area contributed by atoms with Gasteiger partial charge in [0.1, 0.15) is 6.54 Å². The van der Waals surface area contributed by atoms with E-state index in [4.69, 9.17) is 23.2 Å². The predicted molar refractivity (Wildman–Crippen MR) is 145 cm³/mol. The molecule has 0 unspecified atom stereocenters. The number of anilines is 1. The van der Waals surface area contributed by atoms with Crippen molar-refractivity contribution in [3.63, 3.8) is 0 Å². The highest BCUT2D eigenvalue weighted by Crippen LogP contribution is 2.34. The van der Waals surface area contributed by atoms with Crippen LogP contribution in [0.2, 0.25) is 10.0 Å². The fourth-order valence-corrected chi connectivity index (χ4v) is 5.30. The predicted octanol–water partition coefficient (Wildman–Crippen LogP) is 6.67. The summed E-state index contributed by atoms with van der Waals surface area (Å²) in [6, 6.07) is 22.0. The second kappa shape index (κ2) is 10.2. The number of carbonyl (C=O) groups is 3. The number of amides is 3. The quantitative estimate of drug-likeness (QED) is 0.280. The van der Waals surface area contributed by atoms with Crippen LogP contribution in [-0.4, -0.2) is 33.1 Å². The molecule has 9 heteroatoms. The zero-order valence-corrected chi connectivity index (χ0v) is 21.1. The van der Waals surface area contributed by atoms with Gasteiger partial charge in [-0.15, -0.1) is 0 Å². The van der Waals surface area contributed by atoms with Crippen molar-refractivity contribution in [1.29, 1.82) is 0 Å². The normalized spacial score (nSPS) is 14.7. The van der Waals surface area contributed by atoms with Crippen LogP contribution in [0.3, 0.4) is 0 Å². The number of fused-ring (bicyclic) bond motifs is 1. The van der Waals surface area contributed by atoms with Gasteiger partial charge >= 0.3 is 0 Å². The zero-order valence-electron chi connectivity index (χ0n) is 18.8. The van der Waals surface area contributed by atoms with Gasteiger partial charge in [0, 0.05) is 44.9 Å². The summed E-state index contributed by atoms with van der Waals surface area (Å²) in [4.78, 5) is 39.2. The highest BCUT2D eigenvalue weighted by atomic mass is 35.5. The largest absolute Gasteiger partial charge is 0.342 e. The van der Waals surface area contributed by atoms with Crippen molar-refractivity contribution in [2.75, 3.05) is 11.9 Å². The highest BCUT2D eigenvalue weighted by Gasteiger charge is 2.36. The van der Waals surface area contributed by atoms with E-state index in [2.05, 4.69) is 5.32 Å². The average molecular weight is 536 g/mol. The van der Waals surface area contributed by atoms with Crippen LogP contribution in [0.25, 0.3) is 17.0 Å². The third-order valence-corrected chi connectivity index (χ3v) is 7.19. The zero-order chi connectivity index (χ0) is 25.2. The summed E-state index contributed by atoms with van der Waals surface area (Å²) in [5, 5.41) is 4.27. The lowest BCUT2D eigenvalue weighted by molar-refractivity contribution is -0.127. The number of nitrogens with one attached hydrogen (secondary N) is 1. The lowest BCUT2D eigenvalue weighted by Gasteiger charge is -2.12. The number of nitrogens with zero attached hydrogens (tertiary/aromatic N) is 2. The minimum atomic E-state index is -0.495. The van der Waals surface area contributed by atoms with E-state index in [1.165, 1.54) is 0 Å². The monoisotopic (exact) mass is 535 g/mol. The van der Waals surface area contributed by atoms with Gasteiger partial charge in [-0.05, 0) is 53.7 Å². The molecule has 5 rings (SSSR count). The van der Waals surface area contributed by atoms with Crippen LogP contribution < -0.4 is 5.32 Å². The van der Waals surface area contributed by atoms with Gasteiger partial charge in [0.15, 0.2) is 0 Å². The molecule has 1 N–H and O–H groups in total. The van der Waals surface area contributed by atoms with Crippen LogP contribution in [0.4, 0.5) is 10.5 Å². The summed E-state index contributed by atoms with van der Waals surface area (Å²) in [5.74, 6) is -0.938. The Kier molecular flexibility index (Phi) is 6.87. The molecule has 6 nitrogen and oxygen atoms in total. The van der Waals surface area contributed by atoms with Crippen molar-refractivity contribution in [3.8, 4) is 0 Å². The van der Waals surface area contributed by atoms with E-state index in [1.54, 1.807) is 42.5 Å². The number of rotatable bonds is 6. The van der Waals surface area contributed by atoms with Gasteiger partial charge in [-0.1, -0.05) is 65.7 Å². The summed E-state index contributed by atoms with van der Waals surface area (Å²) in [7, 11) is 0. The first-order valence-electron chi connectivity index (χ1n) is 11.0. The first kappa shape index (κ1) is 24.2. The Bertz CT molecular complexity index is 1530. The maximum Gasteiger partial charge on any atom is 0.294 e. The van der Waals surface area contributed by atoms with Gasteiger partial charge in [-0.25, -0.2) is 0 Å². The third kappa shape index (κ3) is 5.04. The summed E-state index contributed by atoms with van der Waals surface area (Å²) < 4.78 is 2.04. The fraction of sp³-hybridized carbons (Fsp3) is 0.0741. The molecular weight excluding hydrogens is 517 g/mol. The van der Waals surface area contributed by atoms with Crippen molar-refractivity contribution in [2.24, 2.45) is 0 Å². The molecule has 2 heterocycles. The number of imide groups is 1. The lowest BCUT2D eigenvalue weighted by atomic mass is 10.1. The van der Waals surface area contributed by atoms with E-state index in [1.807, 2.05) is 47.2 Å². The number of carbonyl (C=O) groups excluding carboxylic acids is 3. The Morgan fingerprint density at radius 1 is 0.972 bits per heavy atom. The van der Waals surface area contributed by atoms with Gasteiger partial charge in [-0.3, -0.25) is 19.3 Å². The molecule has 0 radical (unpaired) electrons. The molecule has 3 aromatic carbocycles. The van der Waals surface area contributed by atoms with Crippen molar-refractivity contribution < 1.29 is 14.4 Å². The van der Waals surface area contributed by atoms with E-state index in [0.29, 0.717) is 22.3 Å². The third-order valence-electron chi connectivity index (χ3n) is 5.69. The molecule has 0 aliphatic carbocycles. The molecule has 0 saturated carbocycles. The van der Waals surface area contributed by atoms with E-state index in [9.17, 15) is 14.4 Å². The van der Waals surface area contributed by atoms with Crippen molar-refractivity contribution in [3.05, 3.63) is 105 Å². The van der Waals surface area contributed by atoms with Crippen molar-refractivity contribution in [1.82, 2.24) is 9.47 Å². The Morgan fingerprint density at radius 2 is 1.72 bits per heavy atom. The summed E-state index contributed by atoms with van der Waals surface area (Å²) in [6.07, 6.45) is 3.62. The molecular formula is C27H19Cl2N3O3S. The van der Waals surface area contributed by atoms with E-state index in [-0.39, 0.29) is 11.4 Å². The summed E-state index contributed by atoms with van der Waals surface area (Å²) >= 11 is 13.2. The first-order chi connectivity index (χ1) is 17.4. The van der Waals surface area contributed by atoms with Crippen molar-refractivity contribution in [2.45, 2.75) is 6.54 Å². The van der Waals surface area contributed by atoms with Crippen molar-refractivity contribution >= 4 is 74.7 Å². The molecule has 180 valence electrons. The molecule has 36 heavy (non-hydrogen) atoms. The molecule has 4 aromatic rings. The standard InChI is InChI=1S/C27H19Cl2N3O3S/c28-19-11-10-17(22(29)13-19)14-31-15-18(21-8-4-5-9-23(21)31)12-24-26(34)32(27(35)36-24)16-25(33)30-20-6-2-1-3-7-20/h1-13,15H,14,16H2,(H,30,33)/b24-12-. The molecule has 1 aliphatic heterocycles. The highest BCUT2D eigenvalue weighted by molar-refractivity contribution is 8.18. The van der Waals surface area contributed by atoms with E-state index in [0.717, 1.165) is 38.7 Å². The maximum absolute atomic E-state index is 13.0. The minimum Gasteiger partial charge on any atom is -0.342 e. The number of hydrogen-bond donors (Lipinski definition) is 1. The van der Waals surface area contributed by atoms with E-state index >= 15 is 0 Å². The smallest absolute Gasteiger partial charge is 0.294 e. The fourth-order valence-electron chi connectivity index (χ4n) is 4.00. The van der Waals surface area contributed by atoms with E-state index < -0.39 is 17.1 Å². The number of aromatic nitrogens is 1. The van der Waals surface area contributed by atoms with Crippen LogP contribution in [0.1, 0.15) is 11.1 Å². The van der Waals surface area contributed by atoms with Gasteiger partial charge in [-0.2, -0.15) is 0 Å². The molecule has 3 amide bonds. The van der Waals surface area contributed by atoms with Crippen LogP contribution in [-0.2, 0) is 16.1 Å². The van der Waals surface area contributed by atoms with Crippen LogP contribution in [0.15, 0.2) is 83.9 Å². The molecule has 1 aromatic heterocycles. The minimum absolute atomic E-state index is 0.264. The number of thioether (sulfide) groups is 1. The number of hydrogen-bond acceptors (Lipinski definition) is 4. The Morgan fingerprint density at radius 3 is 2.50 bits per heavy atom. The topological polar surface area (TPSA) is 71.4 Å². The Balaban J connectivity index is 1.39. The number of para-hydroxylation sites is 2. The average Bonchev–Trinajstić information content (AvgIpc) is 3.33. The molecule has 0 atom stereocenters. The Hall–Kier alpha value is -3.52. The second-order valence-electron chi connectivity index (χ2n) is 8.15. The van der Waals surface area contributed by atoms with Gasteiger partial charge in [0.2, 0.25) is 5.91 Å².